The number of aryl methyl sites for hydroxylation is 2. The Morgan fingerprint density at radius 2 is 1.88 bits per heavy atom. The van der Waals surface area contributed by atoms with Gasteiger partial charge in [-0.25, -0.2) is 4.98 Å². The van der Waals surface area contributed by atoms with Crippen molar-refractivity contribution in [2.45, 2.75) is 40.5 Å². The Labute approximate surface area is 143 Å². The maximum absolute atomic E-state index is 6.13. The van der Waals surface area contributed by atoms with Gasteiger partial charge in [-0.1, -0.05) is 13.8 Å². The fraction of sp³-hybridized carbons (Fsp3) is 0.400. The molecule has 1 N–H and O–H groups in total. The molecule has 0 fully saturated rings. The van der Waals surface area contributed by atoms with E-state index in [0.29, 0.717) is 0 Å². The van der Waals surface area contributed by atoms with Crippen molar-refractivity contribution in [3.05, 3.63) is 40.7 Å². The third-order valence-electron chi connectivity index (χ3n) is 4.12. The number of nitrogens with one attached hydrogen (secondary N) is 1. The van der Waals surface area contributed by atoms with Crippen molar-refractivity contribution < 1.29 is 4.42 Å². The second-order valence-corrected chi connectivity index (χ2v) is 6.26. The van der Waals surface area contributed by atoms with Crippen LogP contribution in [0.15, 0.2) is 33.7 Å². The van der Waals surface area contributed by atoms with Gasteiger partial charge in [-0.05, 0) is 49.9 Å². The summed E-state index contributed by atoms with van der Waals surface area (Å²) in [5.41, 5.74) is 6.00. The molecule has 0 spiro atoms. The van der Waals surface area contributed by atoms with E-state index in [-0.39, 0.29) is 0 Å². The number of nitrogens with zero attached hydrogens (tertiary/aromatic N) is 2. The van der Waals surface area contributed by atoms with Crippen LogP contribution in [0.2, 0.25) is 0 Å². The Bertz CT molecular complexity index is 895. The summed E-state index contributed by atoms with van der Waals surface area (Å²) in [5, 5.41) is 4.44. The fourth-order valence-corrected chi connectivity index (χ4v) is 2.77. The van der Waals surface area contributed by atoms with Crippen molar-refractivity contribution in [3.8, 4) is 11.5 Å². The lowest BCUT2D eigenvalue weighted by Gasteiger charge is -2.12. The van der Waals surface area contributed by atoms with E-state index in [9.17, 15) is 0 Å². The zero-order valence-electron chi connectivity index (χ0n) is 14.9. The van der Waals surface area contributed by atoms with Crippen molar-refractivity contribution in [1.29, 1.82) is 0 Å². The van der Waals surface area contributed by atoms with Crippen LogP contribution in [0.4, 0.5) is 5.69 Å². The molecular weight excluding hydrogens is 298 g/mol. The van der Waals surface area contributed by atoms with Crippen LogP contribution in [-0.4, -0.2) is 18.1 Å². The van der Waals surface area contributed by atoms with Crippen molar-refractivity contribution in [1.82, 2.24) is 4.98 Å². The number of aromatic nitrogens is 1. The standard InChI is InChI=1S/C20H25N3O/c1-5-7-21-15-11-19-17(9-13(15)3)23-18-10-14(4)16(22-8-6-2)12-20(18)24-19/h9-12,21H,5-8H2,1-4H3. The molecule has 0 aromatic heterocycles. The molecule has 126 valence electrons. The van der Waals surface area contributed by atoms with E-state index in [4.69, 9.17) is 9.40 Å². The second kappa shape index (κ2) is 7.04. The van der Waals surface area contributed by atoms with E-state index in [0.717, 1.165) is 65.1 Å². The van der Waals surface area contributed by atoms with Crippen molar-refractivity contribution in [2.24, 2.45) is 4.99 Å². The predicted molar refractivity (Wildman–Crippen MR) is 99.6 cm³/mol. The number of fused-ring (bicyclic) bond motifs is 2. The minimum Gasteiger partial charge on any atom is -0.453 e. The van der Waals surface area contributed by atoms with Crippen LogP contribution in [0.25, 0.3) is 22.6 Å². The van der Waals surface area contributed by atoms with E-state index in [1.54, 1.807) is 0 Å². The highest BCUT2D eigenvalue weighted by molar-refractivity contribution is 5.81. The molecule has 1 aromatic rings. The van der Waals surface area contributed by atoms with Gasteiger partial charge in [0.05, 0.1) is 5.36 Å². The Morgan fingerprint density at radius 3 is 2.62 bits per heavy atom. The zero-order valence-corrected chi connectivity index (χ0v) is 14.9. The highest BCUT2D eigenvalue weighted by Gasteiger charge is 2.12. The van der Waals surface area contributed by atoms with E-state index in [2.05, 4.69) is 56.2 Å². The summed E-state index contributed by atoms with van der Waals surface area (Å²) in [5.74, 6) is 0.785. The van der Waals surface area contributed by atoms with Crippen LogP contribution < -0.4 is 10.7 Å². The zero-order chi connectivity index (χ0) is 17.1. The SMILES string of the molecule is CCCN=c1cc2oc3cc(NCCC)c(C)cc3nc-2cc1C. The summed E-state index contributed by atoms with van der Waals surface area (Å²) < 4.78 is 6.13. The van der Waals surface area contributed by atoms with Gasteiger partial charge in [-0.3, -0.25) is 4.99 Å². The molecule has 0 bridgehead atoms. The molecule has 0 amide bonds. The summed E-state index contributed by atoms with van der Waals surface area (Å²) in [6.45, 7) is 10.2. The Kier molecular flexibility index (Phi) is 4.84. The molecule has 1 aliphatic heterocycles. The molecular formula is C20H25N3O. The van der Waals surface area contributed by atoms with Crippen LogP contribution in [0, 0.1) is 13.8 Å². The average Bonchev–Trinajstić information content (AvgIpc) is 2.57. The molecule has 0 radical (unpaired) electrons. The van der Waals surface area contributed by atoms with Gasteiger partial charge in [0, 0.05) is 30.9 Å². The largest absolute Gasteiger partial charge is 0.453 e. The lowest BCUT2D eigenvalue weighted by atomic mass is 10.1. The van der Waals surface area contributed by atoms with Crippen LogP contribution in [-0.2, 0) is 0 Å². The average molecular weight is 323 g/mol. The van der Waals surface area contributed by atoms with E-state index in [1.807, 2.05) is 6.07 Å². The molecule has 24 heavy (non-hydrogen) atoms. The molecule has 0 atom stereocenters. The Hall–Kier alpha value is -2.36. The third-order valence-corrected chi connectivity index (χ3v) is 4.12. The van der Waals surface area contributed by atoms with E-state index in [1.165, 1.54) is 5.56 Å². The monoisotopic (exact) mass is 323 g/mol. The number of hydrogen-bond donors (Lipinski definition) is 1. The van der Waals surface area contributed by atoms with Gasteiger partial charge in [0.25, 0.3) is 0 Å². The molecule has 2 aliphatic rings. The summed E-state index contributed by atoms with van der Waals surface area (Å²) in [7, 11) is 0. The second-order valence-electron chi connectivity index (χ2n) is 6.26. The normalized spacial score (nSPS) is 12.2. The highest BCUT2D eigenvalue weighted by Crippen LogP contribution is 2.28. The van der Waals surface area contributed by atoms with E-state index < -0.39 is 0 Å². The van der Waals surface area contributed by atoms with Gasteiger partial charge in [0.2, 0.25) is 0 Å². The quantitative estimate of drug-likeness (QED) is 0.693. The van der Waals surface area contributed by atoms with E-state index >= 15 is 0 Å². The van der Waals surface area contributed by atoms with Crippen molar-refractivity contribution >= 4 is 16.8 Å². The maximum Gasteiger partial charge on any atom is 0.155 e. The first-order valence-corrected chi connectivity index (χ1v) is 8.72. The summed E-state index contributed by atoms with van der Waals surface area (Å²) in [4.78, 5) is 9.41. The van der Waals surface area contributed by atoms with Gasteiger partial charge < -0.3 is 9.73 Å². The Balaban J connectivity index is 2.16. The number of hydrogen-bond acceptors (Lipinski definition) is 4. The maximum atomic E-state index is 6.13. The van der Waals surface area contributed by atoms with Gasteiger partial charge in [0.1, 0.15) is 11.2 Å². The first-order chi connectivity index (χ1) is 11.6. The van der Waals surface area contributed by atoms with Crippen LogP contribution in [0.1, 0.15) is 37.8 Å². The number of anilines is 1. The topological polar surface area (TPSA) is 50.4 Å². The van der Waals surface area contributed by atoms with Gasteiger partial charge in [-0.2, -0.15) is 0 Å². The summed E-state index contributed by atoms with van der Waals surface area (Å²) >= 11 is 0. The minimum atomic E-state index is 0.785. The van der Waals surface area contributed by atoms with Crippen molar-refractivity contribution in [2.75, 3.05) is 18.4 Å². The predicted octanol–water partition coefficient (Wildman–Crippen LogP) is 4.68. The molecule has 1 aliphatic carbocycles. The molecule has 4 nitrogen and oxygen atoms in total. The highest BCUT2D eigenvalue weighted by atomic mass is 16.3. The lowest BCUT2D eigenvalue weighted by molar-refractivity contribution is 0.611. The molecule has 1 heterocycles. The Morgan fingerprint density at radius 1 is 1.04 bits per heavy atom. The third kappa shape index (κ3) is 3.28. The van der Waals surface area contributed by atoms with Crippen LogP contribution >= 0.6 is 0 Å². The van der Waals surface area contributed by atoms with Crippen LogP contribution in [0.3, 0.4) is 0 Å². The van der Waals surface area contributed by atoms with Gasteiger partial charge in [-0.15, -0.1) is 0 Å². The smallest absolute Gasteiger partial charge is 0.155 e. The summed E-state index contributed by atoms with van der Waals surface area (Å²) in [6.07, 6.45) is 2.13. The molecule has 1 aromatic carbocycles. The lowest BCUT2D eigenvalue weighted by Crippen LogP contribution is -2.09. The minimum absolute atomic E-state index is 0.785. The molecule has 4 heteroatoms. The first-order valence-electron chi connectivity index (χ1n) is 8.72. The molecule has 3 rings (SSSR count). The fourth-order valence-electron chi connectivity index (χ4n) is 2.77. The van der Waals surface area contributed by atoms with Crippen LogP contribution in [0.5, 0.6) is 0 Å². The number of rotatable bonds is 5. The molecule has 0 saturated carbocycles. The van der Waals surface area contributed by atoms with Gasteiger partial charge in [0.15, 0.2) is 11.3 Å². The molecule has 0 saturated heterocycles. The first kappa shape index (κ1) is 16.5. The summed E-state index contributed by atoms with van der Waals surface area (Å²) in [6, 6.07) is 8.20. The van der Waals surface area contributed by atoms with Crippen molar-refractivity contribution in [3.63, 3.8) is 0 Å². The number of benzene rings is 2. The molecule has 0 unspecified atom stereocenters. The van der Waals surface area contributed by atoms with Gasteiger partial charge >= 0.3 is 0 Å².